The monoisotopic (exact) mass is 255 g/mol. The molecule has 0 aliphatic heterocycles. The minimum atomic E-state index is -0.707. The molecule has 1 fully saturated rings. The Kier molecular flexibility index (Phi) is 5.20. The second-order valence-electron chi connectivity index (χ2n) is 6.98. The van der Waals surface area contributed by atoms with Gasteiger partial charge in [0.15, 0.2) is 0 Å². The van der Waals surface area contributed by atoms with Gasteiger partial charge in [-0.1, -0.05) is 33.6 Å². The van der Waals surface area contributed by atoms with Crippen molar-refractivity contribution in [2.45, 2.75) is 72.4 Å². The third-order valence-corrected chi connectivity index (χ3v) is 4.25. The molecule has 0 heterocycles. The molecule has 1 saturated carbocycles. The van der Waals surface area contributed by atoms with Crippen molar-refractivity contribution in [3.05, 3.63) is 0 Å². The quantitative estimate of drug-likeness (QED) is 0.837. The molecule has 1 rings (SSSR count). The van der Waals surface area contributed by atoms with Crippen LogP contribution in [0.3, 0.4) is 0 Å². The summed E-state index contributed by atoms with van der Waals surface area (Å²) < 4.78 is 0. The Hall–Kier alpha value is -0.570. The van der Waals surface area contributed by atoms with Crippen LogP contribution in [0.2, 0.25) is 0 Å². The molecule has 0 aromatic rings. The van der Waals surface area contributed by atoms with Crippen molar-refractivity contribution in [1.29, 1.82) is 0 Å². The highest BCUT2D eigenvalue weighted by atomic mass is 16.4. The minimum Gasteiger partial charge on any atom is -0.480 e. The zero-order valence-electron chi connectivity index (χ0n) is 12.6. The third-order valence-electron chi connectivity index (χ3n) is 4.25. The van der Waals surface area contributed by atoms with E-state index >= 15 is 0 Å². The molecule has 18 heavy (non-hydrogen) atoms. The van der Waals surface area contributed by atoms with Crippen molar-refractivity contribution < 1.29 is 9.90 Å². The lowest BCUT2D eigenvalue weighted by Gasteiger charge is -2.47. The molecule has 0 aromatic heterocycles. The van der Waals surface area contributed by atoms with E-state index in [0.29, 0.717) is 18.0 Å². The van der Waals surface area contributed by atoms with E-state index in [4.69, 9.17) is 5.11 Å². The van der Waals surface area contributed by atoms with Gasteiger partial charge in [0.1, 0.15) is 0 Å². The predicted octanol–water partition coefficient (Wildman–Crippen LogP) is 3.39. The Bertz CT molecular complexity index is 281. The maximum Gasteiger partial charge on any atom is 0.317 e. The van der Waals surface area contributed by atoms with Crippen molar-refractivity contribution in [2.75, 3.05) is 6.54 Å². The molecule has 0 saturated heterocycles. The summed E-state index contributed by atoms with van der Waals surface area (Å²) in [6.07, 6.45) is 4.90. The molecule has 2 unspecified atom stereocenters. The Morgan fingerprint density at radius 1 is 1.28 bits per heavy atom. The van der Waals surface area contributed by atoms with Gasteiger partial charge in [0.25, 0.3) is 0 Å². The summed E-state index contributed by atoms with van der Waals surface area (Å²) in [4.78, 5) is 13.3. The smallest absolute Gasteiger partial charge is 0.317 e. The largest absolute Gasteiger partial charge is 0.480 e. The zero-order chi connectivity index (χ0) is 13.9. The summed E-state index contributed by atoms with van der Waals surface area (Å²) in [6, 6.07) is 0.726. The van der Waals surface area contributed by atoms with Crippen LogP contribution in [0.15, 0.2) is 0 Å². The summed E-state index contributed by atoms with van der Waals surface area (Å²) in [5.41, 5.74) is 0.261. The molecule has 3 heteroatoms. The summed E-state index contributed by atoms with van der Waals surface area (Å²) in [5.74, 6) is -0.102. The van der Waals surface area contributed by atoms with E-state index in [-0.39, 0.29) is 12.0 Å². The molecule has 106 valence electrons. The summed E-state index contributed by atoms with van der Waals surface area (Å²) in [7, 11) is 0. The number of carboxylic acids is 1. The average molecular weight is 255 g/mol. The lowest BCUT2D eigenvalue weighted by molar-refractivity contribution is -0.140. The van der Waals surface area contributed by atoms with Crippen molar-refractivity contribution in [1.82, 2.24) is 4.90 Å². The van der Waals surface area contributed by atoms with Crippen molar-refractivity contribution in [3.8, 4) is 0 Å². The molecule has 1 aliphatic carbocycles. The highest BCUT2D eigenvalue weighted by molar-refractivity contribution is 5.69. The van der Waals surface area contributed by atoms with Crippen molar-refractivity contribution >= 4 is 5.97 Å². The maximum atomic E-state index is 11.1. The van der Waals surface area contributed by atoms with Crippen LogP contribution < -0.4 is 0 Å². The third kappa shape index (κ3) is 3.98. The van der Waals surface area contributed by atoms with Crippen molar-refractivity contribution in [3.63, 3.8) is 0 Å². The number of aliphatic carboxylic acids is 1. The standard InChI is InChI=1S/C15H29NO2/c1-11(2)16(10-14(17)18)13-9-7-6-8-12(13)15(3,4)5/h11-13H,6-10H2,1-5H3,(H,17,18). The first-order valence-electron chi connectivity index (χ1n) is 7.21. The normalized spacial score (nSPS) is 25.7. The molecule has 3 nitrogen and oxygen atoms in total. The number of hydrogen-bond acceptors (Lipinski definition) is 2. The van der Waals surface area contributed by atoms with Gasteiger partial charge in [0.2, 0.25) is 0 Å². The number of hydrogen-bond donors (Lipinski definition) is 1. The van der Waals surface area contributed by atoms with Gasteiger partial charge >= 0.3 is 5.97 Å². The van der Waals surface area contributed by atoms with Gasteiger partial charge in [-0.2, -0.15) is 0 Å². The van der Waals surface area contributed by atoms with Gasteiger partial charge in [-0.05, 0) is 38.0 Å². The number of carboxylic acid groups (broad SMARTS) is 1. The van der Waals surface area contributed by atoms with Gasteiger partial charge in [-0.25, -0.2) is 0 Å². The average Bonchev–Trinajstić information content (AvgIpc) is 2.24. The van der Waals surface area contributed by atoms with Crippen LogP contribution in [0.4, 0.5) is 0 Å². The van der Waals surface area contributed by atoms with Crippen LogP contribution >= 0.6 is 0 Å². The van der Waals surface area contributed by atoms with E-state index in [2.05, 4.69) is 39.5 Å². The first-order chi connectivity index (χ1) is 8.23. The van der Waals surface area contributed by atoms with E-state index < -0.39 is 5.97 Å². The van der Waals surface area contributed by atoms with Crippen LogP contribution in [-0.4, -0.2) is 34.6 Å². The molecule has 0 bridgehead atoms. The molecule has 0 aromatic carbocycles. The Morgan fingerprint density at radius 3 is 2.28 bits per heavy atom. The van der Waals surface area contributed by atoms with Crippen molar-refractivity contribution in [2.24, 2.45) is 11.3 Å². The highest BCUT2D eigenvalue weighted by Gasteiger charge is 2.38. The summed E-state index contributed by atoms with van der Waals surface area (Å²) in [6.45, 7) is 11.3. The number of rotatable bonds is 4. The van der Waals surface area contributed by atoms with Gasteiger partial charge in [0.05, 0.1) is 6.54 Å². The Morgan fingerprint density at radius 2 is 1.83 bits per heavy atom. The number of carbonyl (C=O) groups is 1. The van der Waals surface area contributed by atoms with E-state index in [0.717, 1.165) is 6.42 Å². The van der Waals surface area contributed by atoms with Crippen LogP contribution in [0.5, 0.6) is 0 Å². The first kappa shape index (κ1) is 15.5. The fourth-order valence-electron chi connectivity index (χ4n) is 3.36. The van der Waals surface area contributed by atoms with Crippen LogP contribution in [0.1, 0.15) is 60.3 Å². The van der Waals surface area contributed by atoms with Gasteiger partial charge < -0.3 is 5.11 Å². The zero-order valence-corrected chi connectivity index (χ0v) is 12.6. The second-order valence-corrected chi connectivity index (χ2v) is 6.98. The SMILES string of the molecule is CC(C)N(CC(=O)O)C1CCCCC1C(C)(C)C. The molecule has 0 amide bonds. The van der Waals surface area contributed by atoms with E-state index in [1.54, 1.807) is 0 Å². The number of nitrogens with zero attached hydrogens (tertiary/aromatic N) is 1. The summed E-state index contributed by atoms with van der Waals surface area (Å²) in [5, 5.41) is 9.11. The van der Waals surface area contributed by atoms with Gasteiger partial charge in [0, 0.05) is 12.1 Å². The molecule has 0 radical (unpaired) electrons. The Labute approximate surface area is 112 Å². The predicted molar refractivity (Wildman–Crippen MR) is 74.7 cm³/mol. The van der Waals surface area contributed by atoms with E-state index in [1.807, 2.05) is 0 Å². The van der Waals surface area contributed by atoms with E-state index in [1.165, 1.54) is 19.3 Å². The topological polar surface area (TPSA) is 40.5 Å². The molecule has 0 spiro atoms. The molecule has 2 atom stereocenters. The van der Waals surface area contributed by atoms with Gasteiger partial charge in [-0.3, -0.25) is 9.69 Å². The van der Waals surface area contributed by atoms with Crippen LogP contribution in [0, 0.1) is 11.3 Å². The molecular weight excluding hydrogens is 226 g/mol. The lowest BCUT2D eigenvalue weighted by Crippen LogP contribution is -2.51. The minimum absolute atomic E-state index is 0.176. The Balaban J connectivity index is 2.88. The van der Waals surface area contributed by atoms with Crippen LogP contribution in [-0.2, 0) is 4.79 Å². The fraction of sp³-hybridized carbons (Fsp3) is 0.933. The molecular formula is C15H29NO2. The lowest BCUT2D eigenvalue weighted by atomic mass is 9.69. The maximum absolute atomic E-state index is 11.1. The molecule has 1 aliphatic rings. The van der Waals surface area contributed by atoms with Gasteiger partial charge in [-0.15, -0.1) is 0 Å². The summed E-state index contributed by atoms with van der Waals surface area (Å²) >= 11 is 0. The first-order valence-corrected chi connectivity index (χ1v) is 7.21. The molecule has 1 N–H and O–H groups in total. The van der Waals surface area contributed by atoms with Crippen LogP contribution in [0.25, 0.3) is 0 Å². The second kappa shape index (κ2) is 6.05. The fourth-order valence-corrected chi connectivity index (χ4v) is 3.36. The highest BCUT2D eigenvalue weighted by Crippen LogP contribution is 2.40. The van der Waals surface area contributed by atoms with E-state index in [9.17, 15) is 4.79 Å².